The van der Waals surface area contributed by atoms with Crippen molar-refractivity contribution in [2.45, 2.75) is 32.1 Å². The molecule has 6 rings (SSSR count). The van der Waals surface area contributed by atoms with Crippen LogP contribution in [0.5, 0.6) is 11.5 Å². The highest BCUT2D eigenvalue weighted by Crippen LogP contribution is 2.56. The van der Waals surface area contributed by atoms with Gasteiger partial charge in [-0.15, -0.1) is 0 Å². The van der Waals surface area contributed by atoms with E-state index in [4.69, 9.17) is 4.74 Å². The molecule has 4 aliphatic rings. The Bertz CT molecular complexity index is 2430. The van der Waals surface area contributed by atoms with Gasteiger partial charge in [-0.1, -0.05) is 18.2 Å². The fraction of sp³-hybridized carbons (Fsp3) is 0.194. The number of hydrogen-bond donors (Lipinski definition) is 4. The van der Waals surface area contributed by atoms with Gasteiger partial charge >= 0.3 is 0 Å². The van der Waals surface area contributed by atoms with Gasteiger partial charge in [0.1, 0.15) is 22.7 Å². The second kappa shape index (κ2) is 9.38. The Morgan fingerprint density at radius 1 is 0.952 bits per heavy atom. The summed E-state index contributed by atoms with van der Waals surface area (Å²) in [5, 5.41) is 32.3. The van der Waals surface area contributed by atoms with Crippen LogP contribution in [0, 0.1) is 10.4 Å². The van der Waals surface area contributed by atoms with E-state index < -0.39 is 76.6 Å². The van der Waals surface area contributed by atoms with Crippen molar-refractivity contribution < 1.29 is 20.1 Å². The normalized spacial score (nSPS) is 17.9. The molecule has 1 aromatic heterocycles. The summed E-state index contributed by atoms with van der Waals surface area (Å²) in [5.41, 5.74) is -5.93. The topological polar surface area (TPSA) is 171 Å². The monoisotopic (exact) mass is 631 g/mol. The molecule has 4 aliphatic carbocycles. The number of benzene rings is 1. The number of rotatable bonds is 4. The second-order valence-electron chi connectivity index (χ2n) is 10.1. The minimum absolute atomic E-state index is 0.0181. The molecular formula is C31H22BrNO9. The van der Waals surface area contributed by atoms with E-state index in [1.54, 1.807) is 31.2 Å². The molecule has 0 aliphatic heterocycles. The van der Waals surface area contributed by atoms with E-state index in [1.165, 1.54) is 0 Å². The number of fused-ring (bicyclic) bond motifs is 4. The van der Waals surface area contributed by atoms with Gasteiger partial charge in [-0.25, -0.2) is 0 Å². The lowest BCUT2D eigenvalue weighted by Crippen LogP contribution is -2.52. The molecular weight excluding hydrogens is 610 g/mol. The average Bonchev–Trinajstić information content (AvgIpc) is 3.46. The van der Waals surface area contributed by atoms with E-state index in [0.717, 1.165) is 6.07 Å². The van der Waals surface area contributed by atoms with Crippen LogP contribution in [0.3, 0.4) is 0 Å². The lowest BCUT2D eigenvalue weighted by Gasteiger charge is -2.27. The molecule has 0 radical (unpaired) electrons. The van der Waals surface area contributed by atoms with Gasteiger partial charge in [0.2, 0.25) is 16.3 Å². The number of allylic oxidation sites excluding steroid dienone is 3. The number of halogens is 1. The number of nitrogens with one attached hydrogen (secondary N) is 1. The highest BCUT2D eigenvalue weighted by atomic mass is 79.9. The lowest BCUT2D eigenvalue weighted by molar-refractivity contribution is 0.336. The Balaban J connectivity index is 1.76. The summed E-state index contributed by atoms with van der Waals surface area (Å²) in [7, 11) is 0. The fourth-order valence-electron chi connectivity index (χ4n) is 6.28. The SMILES string of the molecule is C/C=C/C=C/c1cc2c(Br)c3c(c(O)c2c(=O)[nH]1)[C@@]1(CC3)C(O)=c2c(=O)c3c(=O)cc(OCC)c(=O)c=3c(=O)c2=C1O. The number of H-pyrrole nitrogens is 1. The number of aromatic nitrogens is 1. The molecule has 0 saturated heterocycles. The number of aliphatic hydroxyl groups is 2. The summed E-state index contributed by atoms with van der Waals surface area (Å²) < 4.78 is 5.61. The minimum Gasteiger partial charge on any atom is -0.510 e. The quantitative estimate of drug-likeness (QED) is 0.242. The van der Waals surface area contributed by atoms with Gasteiger partial charge in [0.05, 0.1) is 32.9 Å². The Morgan fingerprint density at radius 3 is 2.26 bits per heavy atom. The van der Waals surface area contributed by atoms with E-state index >= 15 is 0 Å². The Hall–Kier alpha value is -4.77. The van der Waals surface area contributed by atoms with Crippen molar-refractivity contribution in [2.24, 2.45) is 0 Å². The third-order valence-corrected chi connectivity index (χ3v) is 8.94. The molecule has 0 unspecified atom stereocenters. The third kappa shape index (κ3) is 3.34. The van der Waals surface area contributed by atoms with Crippen molar-refractivity contribution in [2.75, 3.05) is 6.61 Å². The summed E-state index contributed by atoms with van der Waals surface area (Å²) in [6, 6.07) is 2.48. The zero-order valence-electron chi connectivity index (χ0n) is 22.3. The number of aromatic amines is 1. The van der Waals surface area contributed by atoms with Crippen LogP contribution in [0.1, 0.15) is 37.1 Å². The Morgan fingerprint density at radius 2 is 1.62 bits per heavy atom. The molecule has 1 spiro atoms. The van der Waals surface area contributed by atoms with Crippen LogP contribution in [-0.2, 0) is 11.8 Å². The van der Waals surface area contributed by atoms with Gasteiger partial charge in [-0.05, 0) is 60.3 Å². The lowest BCUT2D eigenvalue weighted by atomic mass is 9.78. The predicted octanol–water partition coefficient (Wildman–Crippen LogP) is 1.26. The highest BCUT2D eigenvalue weighted by Gasteiger charge is 2.53. The van der Waals surface area contributed by atoms with Crippen LogP contribution in [0.25, 0.3) is 28.4 Å². The molecule has 10 nitrogen and oxygen atoms in total. The number of aliphatic hydroxyl groups excluding tert-OH is 2. The largest absolute Gasteiger partial charge is 0.510 e. The van der Waals surface area contributed by atoms with Gasteiger partial charge in [-0.2, -0.15) is 0 Å². The maximum atomic E-state index is 13.7. The van der Waals surface area contributed by atoms with Gasteiger partial charge in [0.15, 0.2) is 11.2 Å². The number of aromatic hydroxyl groups is 1. The summed E-state index contributed by atoms with van der Waals surface area (Å²) in [6.45, 7) is 3.43. The maximum Gasteiger partial charge on any atom is 0.260 e. The van der Waals surface area contributed by atoms with E-state index in [-0.39, 0.29) is 30.4 Å². The van der Waals surface area contributed by atoms with Crippen molar-refractivity contribution in [3.63, 3.8) is 0 Å². The molecule has 212 valence electrons. The predicted molar refractivity (Wildman–Crippen MR) is 159 cm³/mol. The molecule has 1 heterocycles. The first-order valence-corrected chi connectivity index (χ1v) is 13.9. The number of hydrogen-bond acceptors (Lipinski definition) is 9. The van der Waals surface area contributed by atoms with Gasteiger partial charge in [0, 0.05) is 27.2 Å². The van der Waals surface area contributed by atoms with Crippen LogP contribution in [-0.4, -0.2) is 26.9 Å². The first-order chi connectivity index (χ1) is 20.0. The molecule has 0 saturated carbocycles. The molecule has 0 fully saturated rings. The summed E-state index contributed by atoms with van der Waals surface area (Å²) in [5.74, 6) is -2.46. The number of phenolic OH excluding ortho intramolecular Hbond substituents is 1. The third-order valence-electron chi connectivity index (χ3n) is 8.04. The minimum atomic E-state index is -1.97. The number of phenols is 1. The van der Waals surface area contributed by atoms with Crippen molar-refractivity contribution >= 4 is 44.3 Å². The molecule has 1 aromatic carbocycles. The van der Waals surface area contributed by atoms with E-state index in [2.05, 4.69) is 20.9 Å². The highest BCUT2D eigenvalue weighted by molar-refractivity contribution is 9.10. The van der Waals surface area contributed by atoms with Gasteiger partial charge in [-0.3, -0.25) is 24.0 Å². The Kier molecular flexibility index (Phi) is 6.12. The zero-order valence-corrected chi connectivity index (χ0v) is 23.8. The van der Waals surface area contributed by atoms with E-state index in [0.29, 0.717) is 21.1 Å². The average molecular weight is 632 g/mol. The smallest absolute Gasteiger partial charge is 0.260 e. The first-order valence-electron chi connectivity index (χ1n) is 13.1. The van der Waals surface area contributed by atoms with Crippen LogP contribution in [0.2, 0.25) is 0 Å². The van der Waals surface area contributed by atoms with Crippen molar-refractivity contribution in [1.82, 2.24) is 4.98 Å². The van der Waals surface area contributed by atoms with Gasteiger partial charge in [0.25, 0.3) is 5.56 Å². The van der Waals surface area contributed by atoms with Crippen molar-refractivity contribution in [3.8, 4) is 11.5 Å². The molecule has 2 aromatic rings. The first kappa shape index (κ1) is 27.4. The summed E-state index contributed by atoms with van der Waals surface area (Å²) in [6.07, 6.45) is 7.06. The maximum absolute atomic E-state index is 13.7. The van der Waals surface area contributed by atoms with Crippen LogP contribution in [0.4, 0.5) is 0 Å². The molecule has 11 heteroatoms. The van der Waals surface area contributed by atoms with Crippen LogP contribution in [0.15, 0.2) is 58.8 Å². The van der Waals surface area contributed by atoms with Gasteiger partial charge < -0.3 is 25.0 Å². The fourth-order valence-corrected chi connectivity index (χ4v) is 6.99. The van der Waals surface area contributed by atoms with Crippen LogP contribution >= 0.6 is 15.9 Å². The van der Waals surface area contributed by atoms with Crippen molar-refractivity contribution in [3.05, 3.63) is 124 Å². The molecule has 4 N–H and O–H groups in total. The molecule has 42 heavy (non-hydrogen) atoms. The second-order valence-corrected chi connectivity index (χ2v) is 10.9. The molecule has 0 amide bonds. The summed E-state index contributed by atoms with van der Waals surface area (Å²) >= 11 is 3.53. The standard InChI is InChI=1S/C31H22BrNO9/c1-3-5-6-7-12-10-14-17(30(41)33-12)27(38)22-13(23(14)32)8-9-31(22)28(39)20-21(29(31)40)26(37)19-18(25(20)36)15(34)11-16(24(19)35)42-4-2/h3,5-7,10-11,38-40H,4,8-9H2,1-2H3,(H,33,41)/b5-3+,7-6+/t31-/m0/s1. The van der Waals surface area contributed by atoms with E-state index in [1.807, 2.05) is 13.0 Å². The molecule has 0 bridgehead atoms. The number of pyridine rings is 1. The number of ether oxygens (including phenoxy) is 1. The summed E-state index contributed by atoms with van der Waals surface area (Å²) in [4.78, 5) is 69.2. The van der Waals surface area contributed by atoms with Crippen molar-refractivity contribution in [1.29, 1.82) is 0 Å². The van der Waals surface area contributed by atoms with Crippen LogP contribution < -0.4 is 42.4 Å². The zero-order chi connectivity index (χ0) is 30.2. The van der Waals surface area contributed by atoms with E-state index in [9.17, 15) is 39.3 Å². The Labute approximate surface area is 243 Å². The molecule has 1 atom stereocenters.